The number of piperidine rings is 1. The fourth-order valence-electron chi connectivity index (χ4n) is 4.86. The topological polar surface area (TPSA) is 32.3 Å². The van der Waals surface area contributed by atoms with Crippen molar-refractivity contribution < 1.29 is 5.11 Å². The Morgan fingerprint density at radius 3 is 2.11 bits per heavy atom. The summed E-state index contributed by atoms with van der Waals surface area (Å²) in [6, 6.07) is 21.7. The van der Waals surface area contributed by atoms with Crippen LogP contribution in [-0.4, -0.2) is 10.7 Å². The summed E-state index contributed by atoms with van der Waals surface area (Å²) in [7, 11) is 0. The molecule has 2 aromatic rings. The van der Waals surface area contributed by atoms with E-state index >= 15 is 0 Å². The number of rotatable bonds is 8. The van der Waals surface area contributed by atoms with Crippen molar-refractivity contribution in [2.75, 3.05) is 0 Å². The Morgan fingerprint density at radius 2 is 1.52 bits per heavy atom. The van der Waals surface area contributed by atoms with Crippen LogP contribution >= 0.6 is 0 Å². The van der Waals surface area contributed by atoms with Gasteiger partial charge in [0.05, 0.1) is 5.60 Å². The van der Waals surface area contributed by atoms with Crippen LogP contribution in [0.4, 0.5) is 0 Å². The van der Waals surface area contributed by atoms with Crippen molar-refractivity contribution in [3.63, 3.8) is 0 Å². The van der Waals surface area contributed by atoms with Gasteiger partial charge in [-0.1, -0.05) is 100 Å². The van der Waals surface area contributed by atoms with Gasteiger partial charge in [0.15, 0.2) is 0 Å². The van der Waals surface area contributed by atoms with Crippen LogP contribution in [0.25, 0.3) is 0 Å². The quantitative estimate of drug-likeness (QED) is 0.547. The van der Waals surface area contributed by atoms with E-state index in [0.29, 0.717) is 0 Å². The molecule has 4 atom stereocenters. The molecular weight excluding hydrogens is 330 g/mol. The second-order valence-corrected chi connectivity index (χ2v) is 8.15. The first-order valence-corrected chi connectivity index (χ1v) is 10.8. The number of unbranched alkanes of at least 4 members (excludes halogenated alkanes) is 3. The van der Waals surface area contributed by atoms with E-state index in [9.17, 15) is 5.11 Å². The third-order valence-electron chi connectivity index (χ3n) is 6.29. The summed E-state index contributed by atoms with van der Waals surface area (Å²) in [5.41, 5.74) is 1.95. The van der Waals surface area contributed by atoms with E-state index in [1.807, 2.05) is 0 Å². The zero-order chi connectivity index (χ0) is 19.1. The van der Waals surface area contributed by atoms with Gasteiger partial charge in [-0.25, -0.2) is 0 Å². The molecule has 0 saturated carbocycles. The molecular formula is C25H35NO. The molecule has 1 aliphatic heterocycles. The molecule has 1 aliphatic rings. The molecule has 27 heavy (non-hydrogen) atoms. The highest BCUT2D eigenvalue weighted by Gasteiger charge is 2.46. The maximum absolute atomic E-state index is 11.9. The van der Waals surface area contributed by atoms with Gasteiger partial charge in [0.2, 0.25) is 0 Å². The lowest BCUT2D eigenvalue weighted by molar-refractivity contribution is -0.0838. The second kappa shape index (κ2) is 9.52. The molecule has 3 rings (SSSR count). The average molecular weight is 366 g/mol. The summed E-state index contributed by atoms with van der Waals surface area (Å²) in [5.74, 6) is 0.237. The van der Waals surface area contributed by atoms with Crippen LogP contribution in [0, 0.1) is 5.92 Å². The maximum atomic E-state index is 11.9. The Balaban J connectivity index is 1.89. The van der Waals surface area contributed by atoms with Gasteiger partial charge < -0.3 is 10.4 Å². The molecule has 2 heteroatoms. The lowest BCUT2D eigenvalue weighted by Gasteiger charge is -2.49. The molecule has 1 heterocycles. The Morgan fingerprint density at radius 1 is 0.889 bits per heavy atom. The van der Waals surface area contributed by atoms with Crippen LogP contribution < -0.4 is 5.32 Å². The number of aliphatic hydroxyl groups is 1. The Hall–Kier alpha value is -1.64. The second-order valence-electron chi connectivity index (χ2n) is 8.15. The van der Waals surface area contributed by atoms with Crippen molar-refractivity contribution in [3.05, 3.63) is 71.8 Å². The van der Waals surface area contributed by atoms with Gasteiger partial charge in [0.1, 0.15) is 0 Å². The van der Waals surface area contributed by atoms with E-state index < -0.39 is 5.60 Å². The number of nitrogens with one attached hydrogen (secondary N) is 1. The lowest BCUT2D eigenvalue weighted by Crippen LogP contribution is -2.53. The van der Waals surface area contributed by atoms with Gasteiger partial charge >= 0.3 is 0 Å². The van der Waals surface area contributed by atoms with E-state index in [0.717, 1.165) is 25.7 Å². The summed E-state index contributed by atoms with van der Waals surface area (Å²) < 4.78 is 0. The van der Waals surface area contributed by atoms with Crippen LogP contribution in [-0.2, 0) is 0 Å². The van der Waals surface area contributed by atoms with Gasteiger partial charge in [-0.2, -0.15) is 0 Å². The van der Waals surface area contributed by atoms with Crippen LogP contribution in [0.5, 0.6) is 0 Å². The number of hydrogen-bond acceptors (Lipinski definition) is 2. The average Bonchev–Trinajstić information content (AvgIpc) is 2.72. The van der Waals surface area contributed by atoms with E-state index in [2.05, 4.69) is 79.8 Å². The van der Waals surface area contributed by atoms with Gasteiger partial charge in [0.25, 0.3) is 0 Å². The SMILES string of the molecule is CCCCCC[C@]1(O)C[C@H](c2ccccc2)N[C@H](c2ccccc2)[C@@H]1CC. The van der Waals surface area contributed by atoms with E-state index in [1.165, 1.54) is 30.4 Å². The summed E-state index contributed by atoms with van der Waals surface area (Å²) in [4.78, 5) is 0. The van der Waals surface area contributed by atoms with Gasteiger partial charge in [-0.3, -0.25) is 0 Å². The molecule has 0 radical (unpaired) electrons. The Bertz CT molecular complexity index is 671. The van der Waals surface area contributed by atoms with E-state index in [4.69, 9.17) is 0 Å². The molecule has 0 unspecified atom stereocenters. The number of benzene rings is 2. The molecule has 0 aromatic heterocycles. The summed E-state index contributed by atoms with van der Waals surface area (Å²) in [6.07, 6.45) is 7.51. The number of hydrogen-bond donors (Lipinski definition) is 2. The molecule has 2 nitrogen and oxygen atoms in total. The zero-order valence-electron chi connectivity index (χ0n) is 16.9. The predicted molar refractivity (Wildman–Crippen MR) is 114 cm³/mol. The fraction of sp³-hybridized carbons (Fsp3) is 0.520. The summed E-state index contributed by atoms with van der Waals surface area (Å²) in [5, 5.41) is 15.7. The van der Waals surface area contributed by atoms with Crippen LogP contribution in [0.1, 0.15) is 82.0 Å². The van der Waals surface area contributed by atoms with Crippen molar-refractivity contribution in [1.82, 2.24) is 5.32 Å². The standard InChI is InChI=1S/C25H35NO/c1-3-5-6-13-18-25(27)19-23(20-14-9-7-10-15-20)26-24(22(25)4-2)21-16-11-8-12-17-21/h7-12,14-17,22-24,26-27H,3-6,13,18-19H2,1-2H3/t22-,23+,24+,25-/m0/s1. The predicted octanol–water partition coefficient (Wildman–Crippen LogP) is 6.19. The minimum atomic E-state index is -0.616. The summed E-state index contributed by atoms with van der Waals surface area (Å²) >= 11 is 0. The first-order chi connectivity index (χ1) is 13.2. The lowest BCUT2D eigenvalue weighted by atomic mass is 9.68. The first kappa shape index (κ1) is 20.1. The molecule has 1 fully saturated rings. The highest BCUT2D eigenvalue weighted by atomic mass is 16.3. The van der Waals surface area contributed by atoms with Crippen molar-refractivity contribution in [3.8, 4) is 0 Å². The normalized spacial score (nSPS) is 28.2. The van der Waals surface area contributed by atoms with Crippen LogP contribution in [0.15, 0.2) is 60.7 Å². The summed E-state index contributed by atoms with van der Waals surface area (Å²) in [6.45, 7) is 4.47. The molecule has 0 bridgehead atoms. The molecule has 2 aromatic carbocycles. The van der Waals surface area contributed by atoms with Crippen molar-refractivity contribution >= 4 is 0 Å². The maximum Gasteiger partial charge on any atom is 0.0712 e. The van der Waals surface area contributed by atoms with E-state index in [1.54, 1.807) is 0 Å². The molecule has 0 aliphatic carbocycles. The van der Waals surface area contributed by atoms with Gasteiger partial charge in [0, 0.05) is 18.0 Å². The van der Waals surface area contributed by atoms with Gasteiger partial charge in [-0.15, -0.1) is 0 Å². The largest absolute Gasteiger partial charge is 0.389 e. The molecule has 146 valence electrons. The monoisotopic (exact) mass is 365 g/mol. The minimum absolute atomic E-state index is 0.186. The highest BCUT2D eigenvalue weighted by molar-refractivity contribution is 5.26. The Kier molecular flexibility index (Phi) is 7.09. The van der Waals surface area contributed by atoms with E-state index in [-0.39, 0.29) is 18.0 Å². The molecule has 1 saturated heterocycles. The van der Waals surface area contributed by atoms with Crippen LogP contribution in [0.3, 0.4) is 0 Å². The first-order valence-electron chi connectivity index (χ1n) is 10.8. The highest BCUT2D eigenvalue weighted by Crippen LogP contribution is 2.47. The van der Waals surface area contributed by atoms with Crippen molar-refractivity contribution in [2.45, 2.75) is 76.5 Å². The Labute approximate surface area is 165 Å². The fourth-order valence-corrected chi connectivity index (χ4v) is 4.86. The van der Waals surface area contributed by atoms with Crippen LogP contribution in [0.2, 0.25) is 0 Å². The molecule has 0 spiro atoms. The molecule has 2 N–H and O–H groups in total. The minimum Gasteiger partial charge on any atom is -0.389 e. The third-order valence-corrected chi connectivity index (χ3v) is 6.29. The third kappa shape index (κ3) is 4.80. The zero-order valence-corrected chi connectivity index (χ0v) is 16.9. The van der Waals surface area contributed by atoms with Crippen molar-refractivity contribution in [2.24, 2.45) is 5.92 Å². The van der Waals surface area contributed by atoms with Crippen molar-refractivity contribution in [1.29, 1.82) is 0 Å². The van der Waals surface area contributed by atoms with Gasteiger partial charge in [-0.05, 0) is 30.4 Å². The molecule has 0 amide bonds. The smallest absolute Gasteiger partial charge is 0.0712 e.